The number of anilines is 1. The van der Waals surface area contributed by atoms with Crippen molar-refractivity contribution in [2.45, 2.75) is 31.8 Å². The number of hydrogen-bond donors (Lipinski definition) is 2. The molecule has 9 nitrogen and oxygen atoms in total. The Kier molecular flexibility index (Phi) is 6.03. The Morgan fingerprint density at radius 1 is 0.975 bits per heavy atom. The molecule has 40 heavy (non-hydrogen) atoms. The van der Waals surface area contributed by atoms with Crippen LogP contribution in [0.3, 0.4) is 0 Å². The predicted octanol–water partition coefficient (Wildman–Crippen LogP) is 5.74. The van der Waals surface area contributed by atoms with Crippen molar-refractivity contribution in [3.05, 3.63) is 90.6 Å². The maximum absolute atomic E-state index is 12.4. The van der Waals surface area contributed by atoms with E-state index in [1.165, 1.54) is 4.90 Å². The largest absolute Gasteiger partial charge is 0.465 e. The number of carboxylic acid groups (broad SMARTS) is 1. The molecule has 0 aliphatic carbocycles. The Morgan fingerprint density at radius 3 is 2.30 bits per heavy atom. The summed E-state index contributed by atoms with van der Waals surface area (Å²) in [6, 6.07) is 25.5. The number of carbonyl (C=O) groups is 1. The second-order valence-corrected chi connectivity index (χ2v) is 11.0. The van der Waals surface area contributed by atoms with Crippen molar-refractivity contribution in [1.82, 2.24) is 24.4 Å². The van der Waals surface area contributed by atoms with Crippen molar-refractivity contribution >= 4 is 23.1 Å². The fourth-order valence-corrected chi connectivity index (χ4v) is 5.51. The van der Waals surface area contributed by atoms with E-state index in [1.54, 1.807) is 6.20 Å². The van der Waals surface area contributed by atoms with Crippen molar-refractivity contribution in [3.8, 4) is 28.3 Å². The molecule has 5 aromatic rings. The quantitative estimate of drug-likeness (QED) is 0.295. The third-order valence-electron chi connectivity index (χ3n) is 7.29. The number of pyridine rings is 2. The van der Waals surface area contributed by atoms with Gasteiger partial charge in [-0.3, -0.25) is 9.47 Å². The predicted molar refractivity (Wildman–Crippen MR) is 154 cm³/mol. The first kappa shape index (κ1) is 25.5. The summed E-state index contributed by atoms with van der Waals surface area (Å²) in [6.45, 7) is 6.28. The number of nitrogens with zero attached hydrogens (tertiary/aromatic N) is 5. The van der Waals surface area contributed by atoms with Crippen LogP contribution in [0.15, 0.2) is 85.1 Å². The fourth-order valence-electron chi connectivity index (χ4n) is 5.51. The Balaban J connectivity index is 1.52. The second kappa shape index (κ2) is 9.46. The number of ether oxygens (including phenoxy) is 1. The molecule has 0 spiro atoms. The Labute approximate surface area is 231 Å². The summed E-state index contributed by atoms with van der Waals surface area (Å²) in [4.78, 5) is 28.1. The van der Waals surface area contributed by atoms with E-state index in [4.69, 9.17) is 20.4 Å². The van der Waals surface area contributed by atoms with E-state index < -0.39 is 17.2 Å². The maximum atomic E-state index is 12.4. The molecule has 3 N–H and O–H groups in total. The van der Waals surface area contributed by atoms with Crippen LogP contribution in [-0.4, -0.2) is 54.4 Å². The van der Waals surface area contributed by atoms with Crippen LogP contribution >= 0.6 is 0 Å². The molecule has 1 amide bonds. The van der Waals surface area contributed by atoms with E-state index >= 15 is 0 Å². The number of aromatic nitrogens is 4. The lowest BCUT2D eigenvalue weighted by Crippen LogP contribution is -2.66. The highest BCUT2D eigenvalue weighted by Crippen LogP contribution is 2.41. The van der Waals surface area contributed by atoms with Crippen LogP contribution in [0.5, 0.6) is 0 Å². The molecule has 202 valence electrons. The molecule has 1 saturated heterocycles. The van der Waals surface area contributed by atoms with E-state index in [0.29, 0.717) is 36.1 Å². The minimum atomic E-state index is -0.979. The van der Waals surface area contributed by atoms with Crippen LogP contribution < -0.4 is 5.73 Å². The van der Waals surface area contributed by atoms with Gasteiger partial charge in [-0.2, -0.15) is 0 Å². The molecular weight excluding hydrogens is 504 g/mol. The summed E-state index contributed by atoms with van der Waals surface area (Å²) < 4.78 is 7.55. The second-order valence-electron chi connectivity index (χ2n) is 11.0. The summed E-state index contributed by atoms with van der Waals surface area (Å²) in [7, 11) is 0. The van der Waals surface area contributed by atoms with E-state index in [1.807, 2.05) is 104 Å². The van der Waals surface area contributed by atoms with E-state index in [2.05, 4.69) is 4.98 Å². The van der Waals surface area contributed by atoms with Gasteiger partial charge < -0.3 is 15.6 Å². The normalized spacial score (nSPS) is 14.6. The Hall–Kier alpha value is -4.76. The van der Waals surface area contributed by atoms with Gasteiger partial charge in [0.1, 0.15) is 16.9 Å². The van der Waals surface area contributed by atoms with Gasteiger partial charge in [-0.05, 0) is 62.7 Å². The summed E-state index contributed by atoms with van der Waals surface area (Å²) >= 11 is 0. The molecule has 0 atom stereocenters. The topological polar surface area (TPSA) is 119 Å². The number of imidazole rings is 1. The number of benzene rings is 2. The van der Waals surface area contributed by atoms with Gasteiger partial charge in [0.2, 0.25) is 0 Å². The molecule has 0 unspecified atom stereocenters. The molecule has 4 heterocycles. The van der Waals surface area contributed by atoms with E-state index in [-0.39, 0.29) is 0 Å². The van der Waals surface area contributed by atoms with Gasteiger partial charge in [0, 0.05) is 23.0 Å². The molecular formula is C31H30N6O3. The van der Waals surface area contributed by atoms with Crippen LogP contribution in [0.25, 0.3) is 39.5 Å². The molecule has 3 aromatic heterocycles. The SMILES string of the molecule is CC(C)(C)N(C(=O)O)C1(c2ccc(-n3c(-c4cccnc4N)nc4ccc(-c5ccccc5)nc43)cc2)COC1. The van der Waals surface area contributed by atoms with Crippen LogP contribution in [-0.2, 0) is 10.3 Å². The summed E-state index contributed by atoms with van der Waals surface area (Å²) in [5, 5.41) is 10.1. The molecule has 9 heteroatoms. The van der Waals surface area contributed by atoms with Gasteiger partial charge in [-0.1, -0.05) is 42.5 Å². The molecule has 2 aromatic carbocycles. The Bertz CT molecular complexity index is 1700. The minimum absolute atomic E-state index is 0.295. The first-order chi connectivity index (χ1) is 19.2. The van der Waals surface area contributed by atoms with Gasteiger partial charge in [0.05, 0.1) is 24.5 Å². The van der Waals surface area contributed by atoms with Gasteiger partial charge in [0.15, 0.2) is 11.5 Å². The van der Waals surface area contributed by atoms with Gasteiger partial charge >= 0.3 is 6.09 Å². The lowest BCUT2D eigenvalue weighted by Gasteiger charge is -2.53. The monoisotopic (exact) mass is 534 g/mol. The number of hydrogen-bond acceptors (Lipinski definition) is 6. The van der Waals surface area contributed by atoms with Gasteiger partial charge in [-0.15, -0.1) is 0 Å². The molecule has 6 rings (SSSR count). The highest BCUT2D eigenvalue weighted by Gasteiger charge is 2.52. The van der Waals surface area contributed by atoms with Crippen LogP contribution in [0.1, 0.15) is 26.3 Å². The highest BCUT2D eigenvalue weighted by molar-refractivity contribution is 5.84. The number of nitrogen functional groups attached to an aromatic ring is 1. The van der Waals surface area contributed by atoms with Crippen molar-refractivity contribution in [1.29, 1.82) is 0 Å². The molecule has 0 bridgehead atoms. The summed E-state index contributed by atoms with van der Waals surface area (Å²) in [5.74, 6) is 0.987. The van der Waals surface area contributed by atoms with Crippen LogP contribution in [0.4, 0.5) is 10.6 Å². The molecule has 0 radical (unpaired) electrons. The fraction of sp³-hybridized carbons (Fsp3) is 0.226. The first-order valence-electron chi connectivity index (χ1n) is 13.1. The third-order valence-corrected chi connectivity index (χ3v) is 7.29. The Morgan fingerprint density at radius 2 is 1.70 bits per heavy atom. The van der Waals surface area contributed by atoms with Crippen LogP contribution in [0, 0.1) is 0 Å². The molecule has 1 aliphatic rings. The average Bonchev–Trinajstić information content (AvgIpc) is 3.29. The highest BCUT2D eigenvalue weighted by atomic mass is 16.5. The smallest absolute Gasteiger partial charge is 0.408 e. The van der Waals surface area contributed by atoms with Crippen molar-refractivity contribution in [2.24, 2.45) is 0 Å². The zero-order valence-electron chi connectivity index (χ0n) is 22.6. The average molecular weight is 535 g/mol. The number of amides is 1. The number of fused-ring (bicyclic) bond motifs is 1. The lowest BCUT2D eigenvalue weighted by atomic mass is 9.83. The van der Waals surface area contributed by atoms with Crippen LogP contribution in [0.2, 0.25) is 0 Å². The number of nitrogens with two attached hydrogens (primary N) is 1. The lowest BCUT2D eigenvalue weighted by molar-refractivity contribution is -0.157. The standard InChI is InChI=1S/C31H30N6O3/c1-30(2,3)37(29(38)39)31(18-40-19-31)21-11-13-22(14-12-21)36-27(23-10-7-17-33-26(23)32)35-25-16-15-24(34-28(25)36)20-8-5-4-6-9-20/h4-17H,18-19H2,1-3H3,(H2,32,33)(H,38,39). The first-order valence-corrected chi connectivity index (χ1v) is 13.1. The van der Waals surface area contributed by atoms with Crippen molar-refractivity contribution < 1.29 is 14.6 Å². The summed E-state index contributed by atoms with van der Waals surface area (Å²) in [5.41, 5.74) is 10.5. The summed E-state index contributed by atoms with van der Waals surface area (Å²) in [6.07, 6.45) is 0.670. The zero-order valence-corrected chi connectivity index (χ0v) is 22.6. The van der Waals surface area contributed by atoms with E-state index in [0.717, 1.165) is 28.0 Å². The van der Waals surface area contributed by atoms with Crippen molar-refractivity contribution in [2.75, 3.05) is 18.9 Å². The van der Waals surface area contributed by atoms with Crippen molar-refractivity contribution in [3.63, 3.8) is 0 Å². The molecule has 1 fully saturated rings. The third kappa shape index (κ3) is 4.15. The zero-order chi connectivity index (χ0) is 28.1. The van der Waals surface area contributed by atoms with Gasteiger partial charge in [-0.25, -0.2) is 19.7 Å². The van der Waals surface area contributed by atoms with E-state index in [9.17, 15) is 9.90 Å². The molecule has 1 aliphatic heterocycles. The maximum Gasteiger partial charge on any atom is 0.408 e. The minimum Gasteiger partial charge on any atom is -0.465 e. The number of rotatable bonds is 5. The molecule has 0 saturated carbocycles. The van der Waals surface area contributed by atoms with Gasteiger partial charge in [0.25, 0.3) is 0 Å².